The Bertz CT molecular complexity index is 1430. The van der Waals surface area contributed by atoms with Gasteiger partial charge in [0.15, 0.2) is 11.0 Å². The fourth-order valence-corrected chi connectivity index (χ4v) is 4.49. The first-order valence-corrected chi connectivity index (χ1v) is 10.9. The van der Waals surface area contributed by atoms with Crippen LogP contribution >= 0.6 is 11.6 Å². The zero-order valence-electron chi connectivity index (χ0n) is 17.8. The van der Waals surface area contributed by atoms with Crippen molar-refractivity contribution >= 4 is 39.7 Å². The quantitative estimate of drug-likeness (QED) is 0.444. The lowest BCUT2D eigenvalue weighted by Gasteiger charge is -2.36. The third-order valence-electron chi connectivity index (χ3n) is 5.87. The van der Waals surface area contributed by atoms with Crippen molar-refractivity contribution < 1.29 is 9.18 Å². The lowest BCUT2D eigenvalue weighted by molar-refractivity contribution is 0.0958. The van der Waals surface area contributed by atoms with Crippen LogP contribution in [-0.2, 0) is 6.54 Å². The molecule has 0 radical (unpaired) electrons. The van der Waals surface area contributed by atoms with Crippen molar-refractivity contribution in [3.63, 3.8) is 0 Å². The molecule has 3 aromatic heterocycles. The Kier molecular flexibility index (Phi) is 5.47. The molecule has 2 N–H and O–H groups in total. The Morgan fingerprint density at radius 1 is 1.21 bits per heavy atom. The largest absolute Gasteiger partial charge is 0.366 e. The predicted octanol–water partition coefficient (Wildman–Crippen LogP) is 2.05. The minimum atomic E-state index is -0.430. The van der Waals surface area contributed by atoms with E-state index in [4.69, 9.17) is 11.6 Å². The number of H-pyrrole nitrogens is 1. The number of anilines is 1. The molecule has 9 nitrogen and oxygen atoms in total. The average Bonchev–Trinajstić information content (AvgIpc) is 3.29. The second-order valence-electron chi connectivity index (χ2n) is 7.90. The van der Waals surface area contributed by atoms with Crippen molar-refractivity contribution in [3.05, 3.63) is 69.1 Å². The number of aromatic nitrogens is 4. The van der Waals surface area contributed by atoms with Crippen LogP contribution in [0.5, 0.6) is 0 Å². The highest BCUT2D eigenvalue weighted by Crippen LogP contribution is 2.26. The van der Waals surface area contributed by atoms with Gasteiger partial charge in [0.1, 0.15) is 16.7 Å². The van der Waals surface area contributed by atoms with Gasteiger partial charge in [-0.15, -0.1) is 0 Å². The number of fused-ring (bicyclic) bond motifs is 3. The fourth-order valence-electron chi connectivity index (χ4n) is 4.22. The molecule has 0 atom stereocenters. The summed E-state index contributed by atoms with van der Waals surface area (Å²) in [6.07, 6.45) is 1.48. The number of benzene rings is 1. The van der Waals surface area contributed by atoms with Crippen LogP contribution in [0.25, 0.3) is 16.6 Å². The Labute approximate surface area is 192 Å². The number of nitrogens with zero attached hydrogens (tertiary/aromatic N) is 5. The summed E-state index contributed by atoms with van der Waals surface area (Å²) in [6.45, 7) is 3.44. The van der Waals surface area contributed by atoms with Crippen molar-refractivity contribution in [2.45, 2.75) is 6.54 Å². The van der Waals surface area contributed by atoms with E-state index in [9.17, 15) is 14.0 Å². The molecular formula is C22H21ClFN7O2. The van der Waals surface area contributed by atoms with Gasteiger partial charge in [-0.3, -0.25) is 14.5 Å². The van der Waals surface area contributed by atoms with Gasteiger partial charge in [0, 0.05) is 39.8 Å². The molecule has 0 aliphatic carbocycles. The molecule has 1 aliphatic heterocycles. The number of halogens is 2. The highest BCUT2D eigenvalue weighted by atomic mass is 35.5. The van der Waals surface area contributed by atoms with E-state index in [1.807, 2.05) is 0 Å². The van der Waals surface area contributed by atoms with Gasteiger partial charge < -0.3 is 15.2 Å². The molecule has 1 fully saturated rings. The highest BCUT2D eigenvalue weighted by Gasteiger charge is 2.21. The predicted molar refractivity (Wildman–Crippen MR) is 123 cm³/mol. The van der Waals surface area contributed by atoms with Gasteiger partial charge in [0.25, 0.3) is 11.5 Å². The Balaban J connectivity index is 1.31. The van der Waals surface area contributed by atoms with Gasteiger partial charge in [0.05, 0.1) is 17.4 Å². The molecule has 1 aromatic carbocycles. The molecule has 0 saturated carbocycles. The van der Waals surface area contributed by atoms with Crippen LogP contribution in [-0.4, -0.2) is 63.6 Å². The Morgan fingerprint density at radius 3 is 2.73 bits per heavy atom. The zero-order chi connectivity index (χ0) is 23.1. The maximum atomic E-state index is 14.9. The first kappa shape index (κ1) is 21.4. The van der Waals surface area contributed by atoms with Crippen LogP contribution in [0.3, 0.4) is 0 Å². The molecule has 170 valence electrons. The summed E-state index contributed by atoms with van der Waals surface area (Å²) in [4.78, 5) is 35.3. The van der Waals surface area contributed by atoms with Gasteiger partial charge in [0.2, 0.25) is 0 Å². The molecule has 1 aliphatic rings. The third kappa shape index (κ3) is 3.91. The van der Waals surface area contributed by atoms with Crippen LogP contribution in [0, 0.1) is 5.82 Å². The topological polar surface area (TPSA) is 98.6 Å². The number of nitrogens with one attached hydrogen (secondary N) is 2. The number of carbonyl (C=O) groups is 1. The van der Waals surface area contributed by atoms with Crippen molar-refractivity contribution in [2.75, 3.05) is 38.1 Å². The maximum absolute atomic E-state index is 14.9. The molecule has 0 unspecified atom stereocenters. The number of hydrogen-bond donors (Lipinski definition) is 2. The highest BCUT2D eigenvalue weighted by molar-refractivity contribution is 6.32. The summed E-state index contributed by atoms with van der Waals surface area (Å²) < 4.78 is 16.3. The normalized spacial score (nSPS) is 14.8. The van der Waals surface area contributed by atoms with Gasteiger partial charge in [-0.2, -0.15) is 5.10 Å². The first-order valence-electron chi connectivity index (χ1n) is 10.5. The van der Waals surface area contributed by atoms with Crippen LogP contribution < -0.4 is 15.8 Å². The van der Waals surface area contributed by atoms with E-state index in [0.717, 1.165) is 24.3 Å². The Hall–Kier alpha value is -3.50. The SMILES string of the molecule is CNC(=O)c1ccc(N2CCN(Cc3cc(F)c4c(c3)[nH]c(=O)c3ccnn34)CC2)c(Cl)n1. The van der Waals surface area contributed by atoms with Crippen molar-refractivity contribution in [1.82, 2.24) is 29.8 Å². The van der Waals surface area contributed by atoms with Crippen LogP contribution in [0.2, 0.25) is 5.15 Å². The number of aromatic amines is 1. The molecule has 33 heavy (non-hydrogen) atoms. The van der Waals surface area contributed by atoms with Crippen LogP contribution in [0.15, 0.2) is 41.3 Å². The third-order valence-corrected chi connectivity index (χ3v) is 6.14. The minimum absolute atomic E-state index is 0.255. The molecule has 1 saturated heterocycles. The number of piperazine rings is 1. The minimum Gasteiger partial charge on any atom is -0.366 e. The summed E-state index contributed by atoms with van der Waals surface area (Å²) in [7, 11) is 1.54. The van der Waals surface area contributed by atoms with E-state index in [-0.39, 0.29) is 27.8 Å². The maximum Gasteiger partial charge on any atom is 0.274 e. The number of amides is 1. The van der Waals surface area contributed by atoms with E-state index in [1.165, 1.54) is 16.8 Å². The van der Waals surface area contributed by atoms with Crippen molar-refractivity contribution in [2.24, 2.45) is 0 Å². The summed E-state index contributed by atoms with van der Waals surface area (Å²) in [5.74, 6) is -0.717. The number of carbonyl (C=O) groups excluding carboxylic acids is 1. The lowest BCUT2D eigenvalue weighted by atomic mass is 10.1. The summed E-state index contributed by atoms with van der Waals surface area (Å²) in [5, 5.41) is 6.90. The summed E-state index contributed by atoms with van der Waals surface area (Å²) >= 11 is 6.32. The van der Waals surface area contributed by atoms with Gasteiger partial charge in [-0.25, -0.2) is 13.9 Å². The number of pyridine rings is 1. The molecule has 4 heterocycles. The monoisotopic (exact) mass is 469 g/mol. The van der Waals surface area contributed by atoms with E-state index in [1.54, 1.807) is 31.3 Å². The van der Waals surface area contributed by atoms with Crippen LogP contribution in [0.4, 0.5) is 10.1 Å². The number of hydrogen-bond acceptors (Lipinski definition) is 6. The lowest BCUT2D eigenvalue weighted by Crippen LogP contribution is -2.46. The molecular weight excluding hydrogens is 449 g/mol. The summed E-state index contributed by atoms with van der Waals surface area (Å²) in [5.41, 5.74) is 2.49. The molecule has 5 rings (SSSR count). The smallest absolute Gasteiger partial charge is 0.274 e. The first-order chi connectivity index (χ1) is 15.9. The summed E-state index contributed by atoms with van der Waals surface area (Å²) in [6, 6.07) is 8.30. The van der Waals surface area contributed by atoms with E-state index < -0.39 is 5.82 Å². The zero-order valence-corrected chi connectivity index (χ0v) is 18.6. The van der Waals surface area contributed by atoms with E-state index in [2.05, 4.69) is 30.2 Å². The van der Waals surface area contributed by atoms with E-state index in [0.29, 0.717) is 30.7 Å². The van der Waals surface area contributed by atoms with Gasteiger partial charge in [-0.05, 0) is 35.9 Å². The number of rotatable bonds is 4. The van der Waals surface area contributed by atoms with Gasteiger partial charge >= 0.3 is 0 Å². The molecule has 11 heteroatoms. The van der Waals surface area contributed by atoms with E-state index >= 15 is 0 Å². The standard InChI is InChI=1S/C22H21ClFN7O2/c1-25-21(32)15-2-3-17(20(23)27-15)30-8-6-29(7-9-30)12-13-10-14(24)19-16(11-13)28-22(33)18-4-5-26-31(18)19/h2-5,10-11H,6-9,12H2,1H3,(H,25,32)(H,28,33). The molecule has 0 bridgehead atoms. The van der Waals surface area contributed by atoms with Crippen molar-refractivity contribution in [1.29, 1.82) is 0 Å². The van der Waals surface area contributed by atoms with Crippen molar-refractivity contribution in [3.8, 4) is 0 Å². The second kappa shape index (κ2) is 8.45. The van der Waals surface area contributed by atoms with Crippen LogP contribution in [0.1, 0.15) is 16.1 Å². The fraction of sp³-hybridized carbons (Fsp3) is 0.273. The molecule has 4 aromatic rings. The van der Waals surface area contributed by atoms with Gasteiger partial charge in [-0.1, -0.05) is 11.6 Å². The molecule has 0 spiro atoms. The second-order valence-corrected chi connectivity index (χ2v) is 8.26. The average molecular weight is 470 g/mol. The Morgan fingerprint density at radius 2 is 2.00 bits per heavy atom. The molecule has 1 amide bonds.